The maximum atomic E-state index is 2.45. The van der Waals surface area contributed by atoms with Gasteiger partial charge in [0.2, 0.25) is 0 Å². The van der Waals surface area contributed by atoms with Crippen LogP contribution in [0.4, 0.5) is 17.1 Å². The summed E-state index contributed by atoms with van der Waals surface area (Å²) < 4.78 is 0. The number of para-hydroxylation sites is 1. The van der Waals surface area contributed by atoms with Gasteiger partial charge < -0.3 is 4.90 Å². The molecule has 0 N–H and O–H groups in total. The maximum Gasteiger partial charge on any atom is 0.0465 e. The molecule has 0 aliphatic heterocycles. The first-order valence-electron chi connectivity index (χ1n) is 18.2. The highest BCUT2D eigenvalue weighted by molar-refractivity contribution is 6.18. The zero-order chi connectivity index (χ0) is 34.8. The van der Waals surface area contributed by atoms with E-state index in [0.29, 0.717) is 0 Å². The van der Waals surface area contributed by atoms with E-state index < -0.39 is 0 Å². The van der Waals surface area contributed by atoms with Crippen molar-refractivity contribution < 1.29 is 0 Å². The van der Waals surface area contributed by atoms with E-state index >= 15 is 0 Å². The SMILES string of the molecule is CC1(C)c2cc(N(c3ccccc3)c3ccc(-c4ccccc4)cc3)ccc2-c2c(-c3cc4ccccc4c4ccccc34)ccc3cccc1c23. The van der Waals surface area contributed by atoms with E-state index in [1.807, 2.05) is 0 Å². The van der Waals surface area contributed by atoms with Crippen molar-refractivity contribution >= 4 is 49.4 Å². The first-order chi connectivity index (χ1) is 25.6. The second-order valence-corrected chi connectivity index (χ2v) is 14.5. The van der Waals surface area contributed by atoms with Gasteiger partial charge in [0.05, 0.1) is 0 Å². The number of nitrogens with zero attached hydrogens (tertiary/aromatic N) is 1. The molecule has 0 fully saturated rings. The smallest absolute Gasteiger partial charge is 0.0465 e. The van der Waals surface area contributed by atoms with E-state index in [2.05, 4.69) is 207 Å². The molecule has 0 saturated heterocycles. The highest BCUT2D eigenvalue weighted by Crippen LogP contribution is 2.54. The first kappa shape index (κ1) is 30.4. The number of hydrogen-bond donors (Lipinski definition) is 0. The van der Waals surface area contributed by atoms with Crippen LogP contribution >= 0.6 is 0 Å². The number of anilines is 3. The third kappa shape index (κ3) is 4.70. The van der Waals surface area contributed by atoms with Crippen molar-refractivity contribution in [2.45, 2.75) is 19.3 Å². The lowest BCUT2D eigenvalue weighted by atomic mass is 9.67. The van der Waals surface area contributed by atoms with E-state index in [1.54, 1.807) is 0 Å². The van der Waals surface area contributed by atoms with Crippen molar-refractivity contribution in [2.24, 2.45) is 0 Å². The summed E-state index contributed by atoms with van der Waals surface area (Å²) in [6.07, 6.45) is 0. The summed E-state index contributed by atoms with van der Waals surface area (Å²) in [6, 6.07) is 69.1. The Kier molecular flexibility index (Phi) is 6.91. The summed E-state index contributed by atoms with van der Waals surface area (Å²) in [6.45, 7) is 4.79. The van der Waals surface area contributed by atoms with Crippen molar-refractivity contribution in [3.63, 3.8) is 0 Å². The molecule has 10 rings (SSSR count). The predicted molar refractivity (Wildman–Crippen MR) is 222 cm³/mol. The minimum absolute atomic E-state index is 0.221. The summed E-state index contributed by atoms with van der Waals surface area (Å²) in [4.78, 5) is 2.39. The fraction of sp³-hybridized carbons (Fsp3) is 0.0588. The lowest BCUT2D eigenvalue weighted by Gasteiger charge is -2.37. The Bertz CT molecular complexity index is 2790. The van der Waals surface area contributed by atoms with Gasteiger partial charge in [0.1, 0.15) is 0 Å². The molecular weight excluding hydrogens is 627 g/mol. The Morgan fingerprint density at radius 1 is 0.365 bits per heavy atom. The van der Waals surface area contributed by atoms with Crippen LogP contribution in [-0.4, -0.2) is 0 Å². The fourth-order valence-corrected chi connectivity index (χ4v) is 8.69. The lowest BCUT2D eigenvalue weighted by Crippen LogP contribution is -2.24. The Morgan fingerprint density at radius 3 is 1.75 bits per heavy atom. The van der Waals surface area contributed by atoms with Crippen LogP contribution in [0.1, 0.15) is 25.0 Å². The van der Waals surface area contributed by atoms with Crippen LogP contribution in [0.15, 0.2) is 188 Å². The van der Waals surface area contributed by atoms with E-state index in [9.17, 15) is 0 Å². The molecule has 0 amide bonds. The summed E-state index contributed by atoms with van der Waals surface area (Å²) in [5.74, 6) is 0. The molecule has 1 aliphatic carbocycles. The van der Waals surface area contributed by atoms with Gasteiger partial charge in [-0.3, -0.25) is 0 Å². The third-order valence-electron chi connectivity index (χ3n) is 11.2. The molecule has 9 aromatic rings. The zero-order valence-electron chi connectivity index (χ0n) is 29.3. The summed E-state index contributed by atoms with van der Waals surface area (Å²) in [5, 5.41) is 7.78. The summed E-state index contributed by atoms with van der Waals surface area (Å²) >= 11 is 0. The average molecular weight is 664 g/mol. The number of fused-ring (bicyclic) bond motifs is 5. The van der Waals surface area contributed by atoms with Crippen molar-refractivity contribution in [3.05, 3.63) is 199 Å². The maximum absolute atomic E-state index is 2.45. The number of benzene rings is 9. The van der Waals surface area contributed by atoms with Gasteiger partial charge in [-0.05, 0) is 119 Å². The van der Waals surface area contributed by atoms with E-state index in [0.717, 1.165) is 17.1 Å². The van der Waals surface area contributed by atoms with Gasteiger partial charge in [0, 0.05) is 22.5 Å². The van der Waals surface area contributed by atoms with Crippen molar-refractivity contribution in [3.8, 4) is 33.4 Å². The zero-order valence-corrected chi connectivity index (χ0v) is 29.3. The highest BCUT2D eigenvalue weighted by atomic mass is 15.1. The van der Waals surface area contributed by atoms with Gasteiger partial charge in [-0.1, -0.05) is 159 Å². The Balaban J connectivity index is 1.21. The van der Waals surface area contributed by atoms with Crippen molar-refractivity contribution in [1.29, 1.82) is 0 Å². The van der Waals surface area contributed by atoms with Gasteiger partial charge in [-0.2, -0.15) is 0 Å². The molecule has 0 unspecified atom stereocenters. The van der Waals surface area contributed by atoms with E-state index in [-0.39, 0.29) is 5.41 Å². The Labute approximate surface area is 305 Å². The molecule has 0 spiro atoms. The molecule has 0 atom stereocenters. The number of rotatable bonds is 5. The number of hydrogen-bond acceptors (Lipinski definition) is 1. The lowest BCUT2D eigenvalue weighted by molar-refractivity contribution is 0.645. The summed E-state index contributed by atoms with van der Waals surface area (Å²) in [7, 11) is 0. The quantitative estimate of drug-likeness (QED) is 0.166. The molecule has 1 aliphatic rings. The minimum Gasteiger partial charge on any atom is -0.310 e. The van der Waals surface area contributed by atoms with Gasteiger partial charge >= 0.3 is 0 Å². The van der Waals surface area contributed by atoms with Gasteiger partial charge in [0.15, 0.2) is 0 Å². The first-order valence-corrected chi connectivity index (χ1v) is 18.2. The second-order valence-electron chi connectivity index (χ2n) is 14.5. The summed E-state index contributed by atoms with van der Waals surface area (Å²) in [5.41, 5.74) is 13.5. The van der Waals surface area contributed by atoms with Crippen LogP contribution < -0.4 is 4.90 Å². The molecular formula is C51H37N. The van der Waals surface area contributed by atoms with Crippen LogP contribution in [0, 0.1) is 0 Å². The molecule has 0 heterocycles. The average Bonchev–Trinajstić information content (AvgIpc) is 3.20. The highest BCUT2D eigenvalue weighted by Gasteiger charge is 2.35. The van der Waals surface area contributed by atoms with Crippen LogP contribution in [0.5, 0.6) is 0 Å². The predicted octanol–water partition coefficient (Wildman–Crippen LogP) is 14.3. The fourth-order valence-electron chi connectivity index (χ4n) is 8.69. The van der Waals surface area contributed by atoms with Crippen LogP contribution in [0.3, 0.4) is 0 Å². The molecule has 246 valence electrons. The topological polar surface area (TPSA) is 3.24 Å². The Hall–Kier alpha value is -6.44. The molecule has 0 radical (unpaired) electrons. The monoisotopic (exact) mass is 663 g/mol. The molecule has 0 saturated carbocycles. The molecule has 9 aromatic carbocycles. The molecule has 0 aromatic heterocycles. The van der Waals surface area contributed by atoms with E-state index in [1.165, 1.54) is 76.8 Å². The molecule has 1 nitrogen and oxygen atoms in total. The van der Waals surface area contributed by atoms with Gasteiger partial charge in [-0.25, -0.2) is 0 Å². The molecule has 52 heavy (non-hydrogen) atoms. The van der Waals surface area contributed by atoms with Crippen LogP contribution in [0.25, 0.3) is 65.7 Å². The Morgan fingerprint density at radius 2 is 0.962 bits per heavy atom. The standard InChI is InChI=1S/C51H37N/c1-51(2)47-23-13-17-36-26-30-44(46-32-37-16-9-10-20-41(37)42-21-11-12-22-43(42)46)50(49(36)47)45-31-29-40(33-48(45)51)52(38-18-7-4-8-19-38)39-27-24-35(25-28-39)34-14-5-3-6-15-34/h3-33H,1-2H3. The van der Waals surface area contributed by atoms with Crippen molar-refractivity contribution in [1.82, 2.24) is 0 Å². The third-order valence-corrected chi connectivity index (χ3v) is 11.2. The molecule has 1 heteroatoms. The largest absolute Gasteiger partial charge is 0.310 e. The van der Waals surface area contributed by atoms with Crippen LogP contribution in [0.2, 0.25) is 0 Å². The van der Waals surface area contributed by atoms with Gasteiger partial charge in [-0.15, -0.1) is 0 Å². The van der Waals surface area contributed by atoms with Crippen LogP contribution in [-0.2, 0) is 5.41 Å². The van der Waals surface area contributed by atoms with Crippen molar-refractivity contribution in [2.75, 3.05) is 4.90 Å². The van der Waals surface area contributed by atoms with Gasteiger partial charge in [0.25, 0.3) is 0 Å². The normalized spacial score (nSPS) is 13.0. The minimum atomic E-state index is -0.221. The van der Waals surface area contributed by atoms with E-state index in [4.69, 9.17) is 0 Å². The second kappa shape index (κ2) is 11.8. The molecule has 0 bridgehead atoms.